The van der Waals surface area contributed by atoms with Gasteiger partial charge in [-0.25, -0.2) is 9.78 Å². The van der Waals surface area contributed by atoms with Crippen LogP contribution in [-0.4, -0.2) is 45.3 Å². The van der Waals surface area contributed by atoms with Crippen LogP contribution in [0.1, 0.15) is 11.1 Å². The van der Waals surface area contributed by atoms with Crippen molar-refractivity contribution in [1.82, 2.24) is 24.4 Å². The van der Waals surface area contributed by atoms with Gasteiger partial charge in [0, 0.05) is 63.1 Å². The van der Waals surface area contributed by atoms with Crippen LogP contribution in [0.15, 0.2) is 59.8 Å². The summed E-state index contributed by atoms with van der Waals surface area (Å²) in [5, 5.41) is 3.10. The lowest BCUT2D eigenvalue weighted by molar-refractivity contribution is -0.137. The van der Waals surface area contributed by atoms with E-state index in [1.54, 1.807) is 4.90 Å². The van der Waals surface area contributed by atoms with Crippen molar-refractivity contribution in [2.45, 2.75) is 12.4 Å². The molecular weight excluding hydrogens is 540 g/mol. The molecule has 0 atom stereocenters. The van der Waals surface area contributed by atoms with Crippen molar-refractivity contribution >= 4 is 11.5 Å². The quantitative estimate of drug-likeness (QED) is 0.359. The molecular formula is C26H23F6N7O. The van der Waals surface area contributed by atoms with Gasteiger partial charge >= 0.3 is 18.0 Å². The third kappa shape index (κ3) is 5.13. The van der Waals surface area contributed by atoms with Crippen molar-refractivity contribution in [3.8, 4) is 28.2 Å². The van der Waals surface area contributed by atoms with Gasteiger partial charge in [0.1, 0.15) is 5.82 Å². The average Bonchev–Trinajstić information content (AvgIpc) is 3.22. The molecule has 3 N–H and O–H groups in total. The van der Waals surface area contributed by atoms with Crippen LogP contribution in [-0.2, 0) is 19.4 Å². The van der Waals surface area contributed by atoms with Gasteiger partial charge in [0.2, 0.25) is 0 Å². The lowest BCUT2D eigenvalue weighted by Crippen LogP contribution is -2.44. The Labute approximate surface area is 223 Å². The summed E-state index contributed by atoms with van der Waals surface area (Å²) in [7, 11) is 1.44. The molecule has 3 aromatic heterocycles. The summed E-state index contributed by atoms with van der Waals surface area (Å²) in [6, 6.07) is 7.43. The minimum Gasteiger partial charge on any atom is -0.383 e. The lowest BCUT2D eigenvalue weighted by Gasteiger charge is -2.31. The minimum atomic E-state index is -4.73. The summed E-state index contributed by atoms with van der Waals surface area (Å²) in [4.78, 5) is 22.6. The first-order valence-corrected chi connectivity index (χ1v) is 12.1. The summed E-state index contributed by atoms with van der Waals surface area (Å²) in [5.41, 5.74) is 3.45. The molecule has 40 heavy (non-hydrogen) atoms. The molecule has 0 spiro atoms. The first kappa shape index (κ1) is 27.2. The van der Waals surface area contributed by atoms with E-state index in [0.29, 0.717) is 26.2 Å². The third-order valence-electron chi connectivity index (χ3n) is 6.63. The van der Waals surface area contributed by atoms with Crippen molar-refractivity contribution in [3.63, 3.8) is 0 Å². The number of anilines is 2. The number of aryl methyl sites for hydroxylation is 1. The van der Waals surface area contributed by atoms with E-state index in [2.05, 4.69) is 15.3 Å². The SMILES string of the molecule is Cn1cc(-c2cc(-c3cnc(N)c(C(F)(F)F)c3)ccn2)n(-c2ccc(N3CCNCC3)c(C(F)(F)F)c2)c1=O. The van der Waals surface area contributed by atoms with Crippen molar-refractivity contribution in [2.24, 2.45) is 7.05 Å². The Kier molecular flexibility index (Phi) is 6.82. The predicted octanol–water partition coefficient (Wildman–Crippen LogP) is 4.33. The average molecular weight is 564 g/mol. The van der Waals surface area contributed by atoms with E-state index in [1.165, 1.54) is 54.5 Å². The largest absolute Gasteiger partial charge is 0.419 e. The fourth-order valence-corrected chi connectivity index (χ4v) is 4.67. The molecule has 0 bridgehead atoms. The predicted molar refractivity (Wildman–Crippen MR) is 137 cm³/mol. The second-order valence-electron chi connectivity index (χ2n) is 9.26. The van der Waals surface area contributed by atoms with Crippen molar-refractivity contribution in [2.75, 3.05) is 36.8 Å². The molecule has 0 unspecified atom stereocenters. The van der Waals surface area contributed by atoms with Crippen LogP contribution in [0.25, 0.3) is 28.2 Å². The van der Waals surface area contributed by atoms with E-state index >= 15 is 0 Å². The van der Waals surface area contributed by atoms with E-state index in [9.17, 15) is 31.1 Å². The zero-order valence-corrected chi connectivity index (χ0v) is 21.0. The van der Waals surface area contributed by atoms with Gasteiger partial charge in [-0.1, -0.05) is 0 Å². The second-order valence-corrected chi connectivity index (χ2v) is 9.26. The second kappa shape index (κ2) is 10.0. The lowest BCUT2D eigenvalue weighted by atomic mass is 10.0. The van der Waals surface area contributed by atoms with Gasteiger partial charge < -0.3 is 20.5 Å². The Bertz CT molecular complexity index is 1620. The number of rotatable bonds is 4. The number of nitrogens with two attached hydrogens (primary N) is 1. The van der Waals surface area contributed by atoms with E-state index < -0.39 is 35.0 Å². The molecule has 1 aliphatic rings. The number of nitrogen functional groups attached to an aromatic ring is 1. The van der Waals surface area contributed by atoms with Crippen molar-refractivity contribution < 1.29 is 26.3 Å². The van der Waals surface area contributed by atoms with Crippen LogP contribution in [0, 0.1) is 0 Å². The summed E-state index contributed by atoms with van der Waals surface area (Å²) in [5.74, 6) is -0.674. The molecule has 4 heterocycles. The van der Waals surface area contributed by atoms with E-state index in [-0.39, 0.29) is 33.9 Å². The van der Waals surface area contributed by atoms with Crippen molar-refractivity contribution in [1.29, 1.82) is 0 Å². The Morgan fingerprint density at radius 1 is 0.900 bits per heavy atom. The summed E-state index contributed by atoms with van der Waals surface area (Å²) < 4.78 is 84.9. The maximum Gasteiger partial charge on any atom is 0.419 e. The molecule has 1 fully saturated rings. The molecule has 0 saturated carbocycles. The molecule has 0 aliphatic carbocycles. The number of piperazine rings is 1. The van der Waals surface area contributed by atoms with Gasteiger partial charge in [-0.3, -0.25) is 9.55 Å². The number of hydrogen-bond donors (Lipinski definition) is 2. The zero-order valence-electron chi connectivity index (χ0n) is 21.0. The Morgan fingerprint density at radius 2 is 1.60 bits per heavy atom. The van der Waals surface area contributed by atoms with Gasteiger partial charge in [0.15, 0.2) is 0 Å². The van der Waals surface area contributed by atoms with Crippen LogP contribution in [0.4, 0.5) is 37.8 Å². The standard InChI is InChI=1S/C26H23F6N7O/c1-37-14-22(20-11-15(4-5-35-20)16-10-19(26(30,31)32)23(33)36-13-16)39(24(37)40)17-2-3-21(18(12-17)25(27,28)29)38-8-6-34-7-9-38/h2-5,10-14,34H,6-9H2,1H3,(H2,33,36). The van der Waals surface area contributed by atoms with Gasteiger partial charge in [0.05, 0.1) is 28.2 Å². The molecule has 210 valence electrons. The number of nitrogens with one attached hydrogen (secondary N) is 1. The summed E-state index contributed by atoms with van der Waals surface area (Å²) in [6.07, 6.45) is -5.52. The van der Waals surface area contributed by atoms with Gasteiger partial charge in [-0.15, -0.1) is 0 Å². The highest BCUT2D eigenvalue weighted by Crippen LogP contribution is 2.39. The number of pyridine rings is 2. The zero-order chi connectivity index (χ0) is 28.8. The number of nitrogens with zero attached hydrogens (tertiary/aromatic N) is 5. The van der Waals surface area contributed by atoms with E-state index in [1.807, 2.05) is 0 Å². The number of alkyl halides is 6. The molecule has 5 rings (SSSR count). The molecule has 14 heteroatoms. The molecule has 0 radical (unpaired) electrons. The number of aromatic nitrogens is 4. The highest BCUT2D eigenvalue weighted by atomic mass is 19.4. The molecule has 1 aromatic carbocycles. The normalized spacial score (nSPS) is 14.5. The number of imidazole rings is 1. The van der Waals surface area contributed by atoms with Gasteiger partial charge in [-0.2, -0.15) is 26.3 Å². The van der Waals surface area contributed by atoms with Crippen LogP contribution in [0.2, 0.25) is 0 Å². The molecule has 8 nitrogen and oxygen atoms in total. The third-order valence-corrected chi connectivity index (χ3v) is 6.63. The molecule has 4 aromatic rings. The van der Waals surface area contributed by atoms with Crippen LogP contribution in [0.5, 0.6) is 0 Å². The fraction of sp³-hybridized carbons (Fsp3) is 0.269. The number of hydrogen-bond acceptors (Lipinski definition) is 6. The van der Waals surface area contributed by atoms with E-state index in [4.69, 9.17) is 5.73 Å². The molecule has 1 saturated heterocycles. The Hall–Kier alpha value is -4.33. The maximum absolute atomic E-state index is 14.2. The highest BCUT2D eigenvalue weighted by Gasteiger charge is 2.36. The smallest absolute Gasteiger partial charge is 0.383 e. The number of halogens is 6. The first-order valence-electron chi connectivity index (χ1n) is 12.1. The number of benzene rings is 1. The monoisotopic (exact) mass is 563 g/mol. The van der Waals surface area contributed by atoms with Crippen molar-refractivity contribution in [3.05, 3.63) is 76.6 Å². The van der Waals surface area contributed by atoms with Crippen LogP contribution >= 0.6 is 0 Å². The van der Waals surface area contributed by atoms with Crippen LogP contribution < -0.4 is 21.6 Å². The summed E-state index contributed by atoms with van der Waals surface area (Å²) >= 11 is 0. The summed E-state index contributed by atoms with van der Waals surface area (Å²) in [6.45, 7) is 1.87. The highest BCUT2D eigenvalue weighted by molar-refractivity contribution is 5.71. The Morgan fingerprint density at radius 3 is 2.27 bits per heavy atom. The van der Waals surface area contributed by atoms with Gasteiger partial charge in [0.25, 0.3) is 0 Å². The Balaban J connectivity index is 1.62. The van der Waals surface area contributed by atoms with Crippen LogP contribution in [0.3, 0.4) is 0 Å². The fourth-order valence-electron chi connectivity index (χ4n) is 4.67. The molecule has 0 amide bonds. The molecule has 1 aliphatic heterocycles. The minimum absolute atomic E-state index is 0.0136. The van der Waals surface area contributed by atoms with Gasteiger partial charge in [-0.05, 0) is 42.0 Å². The topological polar surface area (TPSA) is 94.0 Å². The maximum atomic E-state index is 14.2. The van der Waals surface area contributed by atoms with E-state index in [0.717, 1.165) is 16.7 Å². The first-order chi connectivity index (χ1) is 18.8.